The van der Waals surface area contributed by atoms with E-state index in [1.165, 1.54) is 0 Å². The van der Waals surface area contributed by atoms with E-state index in [2.05, 4.69) is 10.6 Å². The van der Waals surface area contributed by atoms with Crippen molar-refractivity contribution in [2.75, 3.05) is 20.3 Å². The Bertz CT molecular complexity index is 269. The van der Waals surface area contributed by atoms with Gasteiger partial charge in [0.25, 0.3) is 0 Å². The van der Waals surface area contributed by atoms with Crippen LogP contribution in [-0.2, 0) is 9.53 Å². The average Bonchev–Trinajstić information content (AvgIpc) is 2.25. The lowest BCUT2D eigenvalue weighted by molar-refractivity contribution is -0.137. The first-order chi connectivity index (χ1) is 8.36. The van der Waals surface area contributed by atoms with Crippen molar-refractivity contribution in [2.45, 2.75) is 33.2 Å². The summed E-state index contributed by atoms with van der Waals surface area (Å²) >= 11 is 0. The van der Waals surface area contributed by atoms with Crippen LogP contribution in [0.3, 0.4) is 0 Å². The molecule has 6 heteroatoms. The number of carbonyl (C=O) groups is 2. The summed E-state index contributed by atoms with van der Waals surface area (Å²) in [6.07, 6.45) is -0.0707. The Morgan fingerprint density at radius 1 is 1.28 bits per heavy atom. The molecule has 0 rings (SSSR count). The fourth-order valence-corrected chi connectivity index (χ4v) is 1.47. The zero-order valence-electron chi connectivity index (χ0n) is 11.5. The lowest BCUT2D eigenvalue weighted by Gasteiger charge is -2.21. The fourth-order valence-electron chi connectivity index (χ4n) is 1.47. The lowest BCUT2D eigenvalue weighted by Crippen LogP contribution is -2.46. The topological polar surface area (TPSA) is 87.7 Å². The highest BCUT2D eigenvalue weighted by Gasteiger charge is 2.19. The van der Waals surface area contributed by atoms with Crippen LogP contribution in [-0.4, -0.2) is 43.4 Å². The number of aliphatic carboxylic acids is 1. The third-order valence-corrected chi connectivity index (χ3v) is 2.58. The summed E-state index contributed by atoms with van der Waals surface area (Å²) in [6.45, 7) is 6.78. The maximum atomic E-state index is 11.6. The second-order valence-electron chi connectivity index (χ2n) is 4.86. The molecule has 0 fully saturated rings. The van der Waals surface area contributed by atoms with Gasteiger partial charge in [-0.3, -0.25) is 4.79 Å². The van der Waals surface area contributed by atoms with Crippen LogP contribution in [0.1, 0.15) is 27.2 Å². The summed E-state index contributed by atoms with van der Waals surface area (Å²) in [4.78, 5) is 22.3. The van der Waals surface area contributed by atoms with Crippen molar-refractivity contribution in [1.82, 2.24) is 10.6 Å². The number of amides is 2. The van der Waals surface area contributed by atoms with Crippen molar-refractivity contribution in [3.8, 4) is 0 Å². The number of ether oxygens (including phenoxy) is 1. The van der Waals surface area contributed by atoms with Gasteiger partial charge in [-0.05, 0) is 11.8 Å². The molecule has 0 aliphatic carbocycles. The van der Waals surface area contributed by atoms with Crippen LogP contribution in [0, 0.1) is 11.8 Å². The van der Waals surface area contributed by atoms with E-state index in [-0.39, 0.29) is 30.3 Å². The number of hydrogen-bond acceptors (Lipinski definition) is 3. The van der Waals surface area contributed by atoms with Crippen LogP contribution in [0.15, 0.2) is 0 Å². The largest absolute Gasteiger partial charge is 0.481 e. The molecule has 0 saturated carbocycles. The van der Waals surface area contributed by atoms with E-state index in [1.807, 2.05) is 20.8 Å². The molecule has 0 heterocycles. The highest BCUT2D eigenvalue weighted by atomic mass is 16.5. The number of carboxylic acid groups (broad SMARTS) is 1. The zero-order chi connectivity index (χ0) is 14.1. The van der Waals surface area contributed by atoms with E-state index < -0.39 is 5.97 Å². The number of methoxy groups -OCH3 is 1. The van der Waals surface area contributed by atoms with Crippen molar-refractivity contribution in [3.63, 3.8) is 0 Å². The van der Waals surface area contributed by atoms with Gasteiger partial charge in [0.15, 0.2) is 0 Å². The molecule has 0 saturated heterocycles. The first-order valence-electron chi connectivity index (χ1n) is 6.11. The van der Waals surface area contributed by atoms with Crippen molar-refractivity contribution in [2.24, 2.45) is 11.8 Å². The molecule has 2 atom stereocenters. The quantitative estimate of drug-likeness (QED) is 0.609. The van der Waals surface area contributed by atoms with E-state index in [0.29, 0.717) is 13.2 Å². The van der Waals surface area contributed by atoms with E-state index in [0.717, 1.165) is 0 Å². The predicted octanol–water partition coefficient (Wildman–Crippen LogP) is 1.07. The lowest BCUT2D eigenvalue weighted by atomic mass is 10.0. The van der Waals surface area contributed by atoms with Gasteiger partial charge in [-0.2, -0.15) is 0 Å². The predicted molar refractivity (Wildman–Crippen MR) is 68.5 cm³/mol. The molecule has 0 aromatic heterocycles. The smallest absolute Gasteiger partial charge is 0.315 e. The summed E-state index contributed by atoms with van der Waals surface area (Å²) in [7, 11) is 1.61. The molecular weight excluding hydrogens is 236 g/mol. The second kappa shape index (κ2) is 8.74. The van der Waals surface area contributed by atoms with Gasteiger partial charge in [-0.25, -0.2) is 4.79 Å². The first kappa shape index (κ1) is 16.7. The molecule has 0 aliphatic heterocycles. The van der Waals surface area contributed by atoms with Crippen molar-refractivity contribution >= 4 is 12.0 Å². The van der Waals surface area contributed by atoms with Gasteiger partial charge >= 0.3 is 12.0 Å². The zero-order valence-corrected chi connectivity index (χ0v) is 11.5. The van der Waals surface area contributed by atoms with Gasteiger partial charge < -0.3 is 20.5 Å². The van der Waals surface area contributed by atoms with Crippen LogP contribution in [0.4, 0.5) is 4.79 Å². The Labute approximate surface area is 108 Å². The monoisotopic (exact) mass is 260 g/mol. The van der Waals surface area contributed by atoms with Crippen LogP contribution >= 0.6 is 0 Å². The van der Waals surface area contributed by atoms with Crippen molar-refractivity contribution in [1.29, 1.82) is 0 Å². The SMILES string of the molecule is COCC(C)CNC(=O)NC(CC(=O)O)C(C)C. The normalized spacial score (nSPS) is 14.1. The molecular formula is C12H24N2O4. The molecule has 0 spiro atoms. The van der Waals surface area contributed by atoms with Crippen LogP contribution in [0.2, 0.25) is 0 Å². The number of urea groups is 1. The highest BCUT2D eigenvalue weighted by Crippen LogP contribution is 2.05. The summed E-state index contributed by atoms with van der Waals surface area (Å²) in [5.41, 5.74) is 0. The van der Waals surface area contributed by atoms with Gasteiger partial charge in [-0.1, -0.05) is 20.8 Å². The summed E-state index contributed by atoms with van der Waals surface area (Å²) in [6, 6.07) is -0.696. The number of carbonyl (C=O) groups excluding carboxylic acids is 1. The third kappa shape index (κ3) is 7.89. The maximum absolute atomic E-state index is 11.6. The van der Waals surface area contributed by atoms with Crippen LogP contribution in [0.25, 0.3) is 0 Å². The molecule has 2 amide bonds. The molecule has 6 nitrogen and oxygen atoms in total. The molecule has 0 aromatic rings. The number of nitrogens with one attached hydrogen (secondary N) is 2. The first-order valence-corrected chi connectivity index (χ1v) is 6.11. The minimum absolute atomic E-state index is 0.0707. The van der Waals surface area contributed by atoms with Gasteiger partial charge in [-0.15, -0.1) is 0 Å². The van der Waals surface area contributed by atoms with Gasteiger partial charge in [0.05, 0.1) is 13.0 Å². The maximum Gasteiger partial charge on any atom is 0.315 e. The minimum atomic E-state index is -0.915. The minimum Gasteiger partial charge on any atom is -0.481 e. The molecule has 0 aromatic carbocycles. The van der Waals surface area contributed by atoms with Crippen molar-refractivity contribution < 1.29 is 19.4 Å². The molecule has 0 bridgehead atoms. The third-order valence-electron chi connectivity index (χ3n) is 2.58. The Morgan fingerprint density at radius 2 is 1.89 bits per heavy atom. The fraction of sp³-hybridized carbons (Fsp3) is 0.833. The average molecular weight is 260 g/mol. The van der Waals surface area contributed by atoms with Crippen LogP contribution in [0.5, 0.6) is 0 Å². The van der Waals surface area contributed by atoms with E-state index >= 15 is 0 Å². The Balaban J connectivity index is 4.06. The number of rotatable bonds is 8. The van der Waals surface area contributed by atoms with Crippen LogP contribution < -0.4 is 10.6 Å². The molecule has 3 N–H and O–H groups in total. The number of carboxylic acids is 1. The Kier molecular flexibility index (Phi) is 8.11. The summed E-state index contributed by atoms with van der Waals surface area (Å²) in [5, 5.41) is 14.1. The van der Waals surface area contributed by atoms with Gasteiger partial charge in [0, 0.05) is 19.7 Å². The van der Waals surface area contributed by atoms with Crippen molar-refractivity contribution in [3.05, 3.63) is 0 Å². The molecule has 106 valence electrons. The molecule has 0 radical (unpaired) electrons. The van der Waals surface area contributed by atoms with Gasteiger partial charge in [0.1, 0.15) is 0 Å². The molecule has 18 heavy (non-hydrogen) atoms. The second-order valence-corrected chi connectivity index (χ2v) is 4.86. The summed E-state index contributed by atoms with van der Waals surface area (Å²) < 4.78 is 4.96. The Hall–Kier alpha value is -1.30. The highest BCUT2D eigenvalue weighted by molar-refractivity contribution is 5.75. The summed E-state index contributed by atoms with van der Waals surface area (Å²) in [5.74, 6) is -0.622. The van der Waals surface area contributed by atoms with E-state index in [1.54, 1.807) is 7.11 Å². The Morgan fingerprint density at radius 3 is 2.33 bits per heavy atom. The van der Waals surface area contributed by atoms with Gasteiger partial charge in [0.2, 0.25) is 0 Å². The molecule has 2 unspecified atom stereocenters. The van der Waals surface area contributed by atoms with E-state index in [9.17, 15) is 9.59 Å². The molecule has 0 aliphatic rings. The van der Waals surface area contributed by atoms with E-state index in [4.69, 9.17) is 9.84 Å². The standard InChI is InChI=1S/C12H24N2O4/c1-8(2)10(5-11(15)16)14-12(17)13-6-9(3)7-18-4/h8-10H,5-7H2,1-4H3,(H,15,16)(H2,13,14,17). The number of hydrogen-bond donors (Lipinski definition) is 3.